The van der Waals surface area contributed by atoms with Crippen molar-refractivity contribution >= 4 is 0 Å². The standard InChI is InChI=1S/C11H18N2/c1-9(2)13-7-11(12-8-13)10-5-3-4-6-10/h7-10H,3-6H2,1-2H3. The van der Waals surface area contributed by atoms with Gasteiger partial charge in [-0.3, -0.25) is 0 Å². The van der Waals surface area contributed by atoms with Crippen LogP contribution in [0.25, 0.3) is 0 Å². The van der Waals surface area contributed by atoms with Crippen LogP contribution >= 0.6 is 0 Å². The van der Waals surface area contributed by atoms with E-state index in [9.17, 15) is 0 Å². The molecule has 2 rings (SSSR count). The van der Waals surface area contributed by atoms with Gasteiger partial charge in [0, 0.05) is 18.2 Å². The Morgan fingerprint density at radius 1 is 1.38 bits per heavy atom. The van der Waals surface area contributed by atoms with Crippen LogP contribution in [0.4, 0.5) is 0 Å². The van der Waals surface area contributed by atoms with Crippen LogP contribution in [0.5, 0.6) is 0 Å². The Bertz CT molecular complexity index is 269. The van der Waals surface area contributed by atoms with E-state index in [0.29, 0.717) is 6.04 Å². The van der Waals surface area contributed by atoms with Crippen molar-refractivity contribution in [1.29, 1.82) is 0 Å². The van der Waals surface area contributed by atoms with Crippen LogP contribution in [0.3, 0.4) is 0 Å². The molecular weight excluding hydrogens is 160 g/mol. The van der Waals surface area contributed by atoms with Crippen LogP contribution in [0.1, 0.15) is 57.2 Å². The lowest BCUT2D eigenvalue weighted by molar-refractivity contribution is 0.597. The molecule has 72 valence electrons. The Morgan fingerprint density at radius 3 is 2.62 bits per heavy atom. The second-order valence-corrected chi connectivity index (χ2v) is 4.32. The van der Waals surface area contributed by atoms with E-state index in [1.165, 1.54) is 31.4 Å². The van der Waals surface area contributed by atoms with Crippen molar-refractivity contribution in [1.82, 2.24) is 9.55 Å². The van der Waals surface area contributed by atoms with Crippen molar-refractivity contribution in [3.63, 3.8) is 0 Å². The van der Waals surface area contributed by atoms with Crippen molar-refractivity contribution < 1.29 is 0 Å². The number of aromatic nitrogens is 2. The summed E-state index contributed by atoms with van der Waals surface area (Å²) < 4.78 is 2.20. The van der Waals surface area contributed by atoms with Gasteiger partial charge in [0.05, 0.1) is 12.0 Å². The Balaban J connectivity index is 2.12. The highest BCUT2D eigenvalue weighted by Gasteiger charge is 2.19. The molecule has 2 nitrogen and oxygen atoms in total. The van der Waals surface area contributed by atoms with Crippen molar-refractivity contribution in [2.75, 3.05) is 0 Å². The zero-order valence-corrected chi connectivity index (χ0v) is 8.53. The predicted octanol–water partition coefficient (Wildman–Crippen LogP) is 3.12. The van der Waals surface area contributed by atoms with Gasteiger partial charge >= 0.3 is 0 Å². The van der Waals surface area contributed by atoms with E-state index >= 15 is 0 Å². The fourth-order valence-corrected chi connectivity index (χ4v) is 2.07. The highest BCUT2D eigenvalue weighted by molar-refractivity contribution is 5.06. The second kappa shape index (κ2) is 3.52. The average molecular weight is 178 g/mol. The Labute approximate surface area is 80.0 Å². The zero-order chi connectivity index (χ0) is 9.26. The van der Waals surface area contributed by atoms with Gasteiger partial charge in [-0.2, -0.15) is 0 Å². The van der Waals surface area contributed by atoms with Crippen LogP contribution in [-0.2, 0) is 0 Å². The topological polar surface area (TPSA) is 17.8 Å². The van der Waals surface area contributed by atoms with E-state index < -0.39 is 0 Å². The van der Waals surface area contributed by atoms with Crippen LogP contribution in [-0.4, -0.2) is 9.55 Å². The molecule has 0 atom stereocenters. The Morgan fingerprint density at radius 2 is 2.08 bits per heavy atom. The highest BCUT2D eigenvalue weighted by atomic mass is 15.1. The minimum Gasteiger partial charge on any atom is -0.335 e. The lowest BCUT2D eigenvalue weighted by atomic mass is 10.1. The number of rotatable bonds is 2. The molecule has 0 bridgehead atoms. The van der Waals surface area contributed by atoms with E-state index in [-0.39, 0.29) is 0 Å². The molecule has 0 saturated heterocycles. The van der Waals surface area contributed by atoms with Gasteiger partial charge in [0.2, 0.25) is 0 Å². The van der Waals surface area contributed by atoms with Gasteiger partial charge in [-0.25, -0.2) is 4.98 Å². The third kappa shape index (κ3) is 1.77. The third-order valence-electron chi connectivity index (χ3n) is 2.99. The van der Waals surface area contributed by atoms with Gasteiger partial charge in [-0.05, 0) is 26.7 Å². The Hall–Kier alpha value is -0.790. The first kappa shape index (κ1) is 8.79. The lowest BCUT2D eigenvalue weighted by Crippen LogP contribution is -1.96. The molecule has 1 heterocycles. The van der Waals surface area contributed by atoms with Gasteiger partial charge in [0.25, 0.3) is 0 Å². The molecule has 2 heteroatoms. The van der Waals surface area contributed by atoms with Crippen LogP contribution in [0, 0.1) is 0 Å². The van der Waals surface area contributed by atoms with Crippen LogP contribution in [0.15, 0.2) is 12.5 Å². The monoisotopic (exact) mass is 178 g/mol. The summed E-state index contributed by atoms with van der Waals surface area (Å²) in [6.45, 7) is 4.39. The van der Waals surface area contributed by atoms with Crippen molar-refractivity contribution in [2.45, 2.75) is 51.5 Å². The minimum atomic E-state index is 0.544. The summed E-state index contributed by atoms with van der Waals surface area (Å²) in [4.78, 5) is 4.48. The molecule has 0 aromatic carbocycles. The van der Waals surface area contributed by atoms with Crippen molar-refractivity contribution in [2.24, 2.45) is 0 Å². The van der Waals surface area contributed by atoms with Gasteiger partial charge in [0.15, 0.2) is 0 Å². The third-order valence-corrected chi connectivity index (χ3v) is 2.99. The highest BCUT2D eigenvalue weighted by Crippen LogP contribution is 2.33. The summed E-state index contributed by atoms with van der Waals surface area (Å²) in [5, 5.41) is 0. The number of hydrogen-bond donors (Lipinski definition) is 0. The van der Waals surface area contributed by atoms with E-state index in [1.807, 2.05) is 6.33 Å². The van der Waals surface area contributed by atoms with E-state index in [4.69, 9.17) is 0 Å². The predicted molar refractivity (Wildman–Crippen MR) is 53.8 cm³/mol. The molecule has 1 aliphatic carbocycles. The van der Waals surface area contributed by atoms with E-state index in [2.05, 4.69) is 29.6 Å². The van der Waals surface area contributed by atoms with Crippen molar-refractivity contribution in [3.05, 3.63) is 18.2 Å². The summed E-state index contributed by atoms with van der Waals surface area (Å²) in [7, 11) is 0. The molecule has 0 unspecified atom stereocenters. The summed E-state index contributed by atoms with van der Waals surface area (Å²) in [6, 6.07) is 0.544. The molecule has 0 spiro atoms. The molecule has 1 fully saturated rings. The summed E-state index contributed by atoms with van der Waals surface area (Å²) in [5.74, 6) is 0.750. The second-order valence-electron chi connectivity index (χ2n) is 4.32. The van der Waals surface area contributed by atoms with Crippen LogP contribution in [0.2, 0.25) is 0 Å². The molecule has 0 amide bonds. The molecule has 1 aromatic heterocycles. The molecule has 0 aliphatic heterocycles. The van der Waals surface area contributed by atoms with Crippen LogP contribution < -0.4 is 0 Å². The van der Waals surface area contributed by atoms with E-state index in [0.717, 1.165) is 5.92 Å². The molecular formula is C11H18N2. The molecule has 1 aromatic rings. The first-order valence-corrected chi connectivity index (χ1v) is 5.30. The first-order chi connectivity index (χ1) is 6.27. The average Bonchev–Trinajstić information content (AvgIpc) is 2.75. The molecule has 13 heavy (non-hydrogen) atoms. The fraction of sp³-hybridized carbons (Fsp3) is 0.727. The summed E-state index contributed by atoms with van der Waals surface area (Å²) in [6.07, 6.45) is 9.65. The van der Waals surface area contributed by atoms with E-state index in [1.54, 1.807) is 0 Å². The minimum absolute atomic E-state index is 0.544. The lowest BCUT2D eigenvalue weighted by Gasteiger charge is -2.06. The molecule has 0 N–H and O–H groups in total. The normalized spacial score (nSPS) is 18.7. The zero-order valence-electron chi connectivity index (χ0n) is 8.53. The van der Waals surface area contributed by atoms with Gasteiger partial charge < -0.3 is 4.57 Å². The Kier molecular flexibility index (Phi) is 2.38. The quantitative estimate of drug-likeness (QED) is 0.680. The number of imidazole rings is 1. The largest absolute Gasteiger partial charge is 0.335 e. The maximum absolute atomic E-state index is 4.48. The van der Waals surface area contributed by atoms with Gasteiger partial charge in [-0.15, -0.1) is 0 Å². The maximum atomic E-state index is 4.48. The number of nitrogens with zero attached hydrogens (tertiary/aromatic N) is 2. The van der Waals surface area contributed by atoms with Crippen molar-refractivity contribution in [3.8, 4) is 0 Å². The summed E-state index contributed by atoms with van der Waals surface area (Å²) >= 11 is 0. The fourth-order valence-electron chi connectivity index (χ4n) is 2.07. The number of hydrogen-bond acceptors (Lipinski definition) is 1. The van der Waals surface area contributed by atoms with Gasteiger partial charge in [0.1, 0.15) is 0 Å². The SMILES string of the molecule is CC(C)n1cnc(C2CCCC2)c1. The maximum Gasteiger partial charge on any atom is 0.0951 e. The first-order valence-electron chi connectivity index (χ1n) is 5.30. The molecule has 1 saturated carbocycles. The van der Waals surface area contributed by atoms with Gasteiger partial charge in [-0.1, -0.05) is 12.8 Å². The summed E-state index contributed by atoms with van der Waals surface area (Å²) in [5.41, 5.74) is 1.31. The molecule has 1 aliphatic rings. The molecule has 0 radical (unpaired) electrons. The smallest absolute Gasteiger partial charge is 0.0951 e.